The number of amides is 1. The zero-order chi connectivity index (χ0) is 15.6. The predicted octanol–water partition coefficient (Wildman–Crippen LogP) is 2.88. The minimum Gasteiger partial charge on any atom is -0.364 e. The maximum atomic E-state index is 12.6. The van der Waals surface area contributed by atoms with Gasteiger partial charge in [-0.2, -0.15) is 0 Å². The molecule has 134 valence electrons. The molecule has 1 aromatic heterocycles. The van der Waals surface area contributed by atoms with Gasteiger partial charge >= 0.3 is 0 Å². The Morgan fingerprint density at radius 2 is 2.13 bits per heavy atom. The van der Waals surface area contributed by atoms with Crippen molar-refractivity contribution in [3.63, 3.8) is 0 Å². The van der Waals surface area contributed by atoms with E-state index < -0.39 is 0 Å². The molecule has 1 aromatic rings. The Morgan fingerprint density at radius 3 is 2.61 bits per heavy atom. The molecule has 2 heterocycles. The van der Waals surface area contributed by atoms with Crippen molar-refractivity contribution in [2.75, 3.05) is 13.6 Å². The second-order valence-corrected chi connectivity index (χ2v) is 6.71. The third kappa shape index (κ3) is 5.03. The highest BCUT2D eigenvalue weighted by atomic mass is 35.5. The predicted molar refractivity (Wildman–Crippen MR) is 98.9 cm³/mol. The number of hydrogen-bond donors (Lipinski definition) is 1. The molecule has 1 aliphatic heterocycles. The standard InChI is InChI=1S/C15H25N3O2S.2ClH/c1-5-13-17-9(2)14(21-13)10(3)18(4)15(19)12-7-6-11(8-16)20-12;;/h10-12H,5-8,16H2,1-4H3;2*1H/t10?,11-,12+;;/m1../s1. The summed E-state index contributed by atoms with van der Waals surface area (Å²) in [6, 6.07) is 0.0239. The molecule has 8 heteroatoms. The van der Waals surface area contributed by atoms with E-state index in [4.69, 9.17) is 10.5 Å². The molecule has 5 nitrogen and oxygen atoms in total. The van der Waals surface area contributed by atoms with Crippen molar-refractivity contribution in [2.45, 2.75) is 58.3 Å². The van der Waals surface area contributed by atoms with Crippen molar-refractivity contribution in [1.82, 2.24) is 9.88 Å². The lowest BCUT2D eigenvalue weighted by molar-refractivity contribution is -0.143. The number of nitrogens with two attached hydrogens (primary N) is 1. The molecule has 23 heavy (non-hydrogen) atoms. The summed E-state index contributed by atoms with van der Waals surface area (Å²) >= 11 is 1.70. The molecule has 0 spiro atoms. The van der Waals surface area contributed by atoms with Gasteiger partial charge in [0.15, 0.2) is 0 Å². The van der Waals surface area contributed by atoms with Gasteiger partial charge in [-0.15, -0.1) is 36.2 Å². The Bertz CT molecular complexity index is 513. The molecule has 0 radical (unpaired) electrons. The maximum Gasteiger partial charge on any atom is 0.251 e. The average molecular weight is 384 g/mol. The fourth-order valence-electron chi connectivity index (χ4n) is 2.66. The van der Waals surface area contributed by atoms with Gasteiger partial charge in [0.1, 0.15) is 6.10 Å². The number of nitrogens with zero attached hydrogens (tertiary/aromatic N) is 2. The van der Waals surface area contributed by atoms with Gasteiger partial charge in [-0.1, -0.05) is 6.92 Å². The number of rotatable bonds is 5. The molecular formula is C15H27Cl2N3O2S. The van der Waals surface area contributed by atoms with E-state index in [9.17, 15) is 4.79 Å². The van der Waals surface area contributed by atoms with Crippen molar-refractivity contribution in [3.8, 4) is 0 Å². The van der Waals surface area contributed by atoms with Crippen LogP contribution in [0.1, 0.15) is 48.3 Å². The van der Waals surface area contributed by atoms with Crippen LogP contribution in [0.15, 0.2) is 0 Å². The van der Waals surface area contributed by atoms with Crippen LogP contribution in [0, 0.1) is 6.92 Å². The number of ether oxygens (including phenoxy) is 1. The Morgan fingerprint density at radius 1 is 1.48 bits per heavy atom. The highest BCUT2D eigenvalue weighted by molar-refractivity contribution is 7.11. The number of aryl methyl sites for hydroxylation is 2. The van der Waals surface area contributed by atoms with Crippen LogP contribution in [0.2, 0.25) is 0 Å². The Labute approximate surface area is 154 Å². The minimum atomic E-state index is -0.343. The molecule has 0 aromatic carbocycles. The van der Waals surface area contributed by atoms with Crippen LogP contribution in [0.4, 0.5) is 0 Å². The zero-order valence-electron chi connectivity index (χ0n) is 14.1. The molecule has 1 unspecified atom stereocenters. The van der Waals surface area contributed by atoms with E-state index in [2.05, 4.69) is 11.9 Å². The Hall–Kier alpha value is -0.400. The molecule has 1 fully saturated rings. The third-order valence-electron chi connectivity index (χ3n) is 4.13. The van der Waals surface area contributed by atoms with Crippen molar-refractivity contribution in [1.29, 1.82) is 0 Å². The van der Waals surface area contributed by atoms with Gasteiger partial charge in [0.05, 0.1) is 22.8 Å². The molecule has 1 saturated heterocycles. The van der Waals surface area contributed by atoms with Crippen molar-refractivity contribution >= 4 is 42.1 Å². The lowest BCUT2D eigenvalue weighted by Crippen LogP contribution is -2.38. The number of thiazole rings is 1. The normalized spacial score (nSPS) is 21.3. The monoisotopic (exact) mass is 383 g/mol. The topological polar surface area (TPSA) is 68.5 Å². The van der Waals surface area contributed by atoms with Crippen LogP contribution >= 0.6 is 36.2 Å². The summed E-state index contributed by atoms with van der Waals surface area (Å²) < 4.78 is 5.71. The van der Waals surface area contributed by atoms with E-state index in [1.807, 2.05) is 20.9 Å². The first-order valence-electron chi connectivity index (χ1n) is 7.56. The first kappa shape index (κ1) is 22.6. The molecule has 2 rings (SSSR count). The smallest absolute Gasteiger partial charge is 0.251 e. The fraction of sp³-hybridized carbons (Fsp3) is 0.733. The SMILES string of the molecule is CCc1nc(C)c(C(C)N(C)C(=O)[C@@H]2CC[C@H](CN)O2)s1.Cl.Cl. The van der Waals surface area contributed by atoms with E-state index in [-0.39, 0.29) is 49.0 Å². The summed E-state index contributed by atoms with van der Waals surface area (Å²) in [5.41, 5.74) is 6.63. The van der Waals surface area contributed by atoms with Gasteiger partial charge in [0.25, 0.3) is 5.91 Å². The molecule has 1 amide bonds. The summed E-state index contributed by atoms with van der Waals surface area (Å²) in [5.74, 6) is 0.0456. The van der Waals surface area contributed by atoms with Crippen LogP contribution < -0.4 is 5.73 Å². The van der Waals surface area contributed by atoms with Crippen molar-refractivity contribution in [3.05, 3.63) is 15.6 Å². The van der Waals surface area contributed by atoms with E-state index in [0.29, 0.717) is 6.54 Å². The van der Waals surface area contributed by atoms with Gasteiger partial charge in [-0.3, -0.25) is 4.79 Å². The number of hydrogen-bond acceptors (Lipinski definition) is 5. The number of carbonyl (C=O) groups is 1. The molecule has 1 aliphatic rings. The largest absolute Gasteiger partial charge is 0.364 e. The quantitative estimate of drug-likeness (QED) is 0.848. The summed E-state index contributed by atoms with van der Waals surface area (Å²) in [4.78, 5) is 20.0. The third-order valence-corrected chi connectivity index (χ3v) is 5.61. The molecule has 0 aliphatic carbocycles. The highest BCUT2D eigenvalue weighted by Gasteiger charge is 2.34. The van der Waals surface area contributed by atoms with Crippen molar-refractivity contribution in [2.24, 2.45) is 5.73 Å². The Balaban J connectivity index is 0.00000242. The summed E-state index contributed by atoms with van der Waals surface area (Å²) in [5, 5.41) is 1.12. The van der Waals surface area contributed by atoms with E-state index in [1.165, 1.54) is 0 Å². The van der Waals surface area contributed by atoms with E-state index in [1.54, 1.807) is 16.2 Å². The molecular weight excluding hydrogens is 357 g/mol. The van der Waals surface area contributed by atoms with E-state index >= 15 is 0 Å². The lowest BCUT2D eigenvalue weighted by atomic mass is 10.1. The van der Waals surface area contributed by atoms with Gasteiger partial charge in [-0.05, 0) is 33.1 Å². The summed E-state index contributed by atoms with van der Waals surface area (Å²) in [6.45, 7) is 6.64. The summed E-state index contributed by atoms with van der Waals surface area (Å²) in [7, 11) is 1.84. The lowest BCUT2D eigenvalue weighted by Gasteiger charge is -2.27. The molecule has 2 N–H and O–H groups in total. The summed E-state index contributed by atoms with van der Waals surface area (Å²) in [6.07, 6.45) is 2.25. The number of aromatic nitrogens is 1. The minimum absolute atomic E-state index is 0. The van der Waals surface area contributed by atoms with Crippen molar-refractivity contribution < 1.29 is 9.53 Å². The molecule has 0 bridgehead atoms. The van der Waals surface area contributed by atoms with Gasteiger partial charge in [0.2, 0.25) is 0 Å². The molecule has 0 saturated carbocycles. The Kier molecular flexibility index (Phi) is 9.62. The molecule has 3 atom stereocenters. The number of likely N-dealkylation sites (N-methyl/N-ethyl adjacent to an activating group) is 1. The fourth-order valence-corrected chi connectivity index (χ4v) is 3.76. The van der Waals surface area contributed by atoms with Crippen LogP contribution in [-0.2, 0) is 16.0 Å². The average Bonchev–Trinajstić information content (AvgIpc) is 3.11. The van der Waals surface area contributed by atoms with E-state index in [0.717, 1.165) is 34.8 Å². The second-order valence-electron chi connectivity index (χ2n) is 5.60. The maximum absolute atomic E-state index is 12.6. The highest BCUT2D eigenvalue weighted by Crippen LogP contribution is 2.30. The van der Waals surface area contributed by atoms with Crippen LogP contribution in [0.25, 0.3) is 0 Å². The van der Waals surface area contributed by atoms with Crippen LogP contribution in [0.5, 0.6) is 0 Å². The second kappa shape index (κ2) is 9.79. The number of carbonyl (C=O) groups excluding carboxylic acids is 1. The van der Waals surface area contributed by atoms with Gasteiger partial charge < -0.3 is 15.4 Å². The van der Waals surface area contributed by atoms with Gasteiger partial charge in [-0.25, -0.2) is 4.98 Å². The first-order chi connectivity index (χ1) is 9.97. The zero-order valence-corrected chi connectivity index (χ0v) is 16.5. The van der Waals surface area contributed by atoms with Crippen LogP contribution in [-0.4, -0.2) is 41.6 Å². The first-order valence-corrected chi connectivity index (χ1v) is 8.37. The van der Waals surface area contributed by atoms with Gasteiger partial charge in [0, 0.05) is 18.5 Å². The number of halogens is 2. The van der Waals surface area contributed by atoms with Crippen LogP contribution in [0.3, 0.4) is 0 Å².